The van der Waals surface area contributed by atoms with Crippen molar-refractivity contribution < 1.29 is 0 Å². The minimum atomic E-state index is 0.943. The molecule has 0 saturated carbocycles. The Kier molecular flexibility index (Phi) is 5.14. The van der Waals surface area contributed by atoms with E-state index in [2.05, 4.69) is 149 Å². The Balaban J connectivity index is 1.30. The van der Waals surface area contributed by atoms with E-state index in [0.717, 1.165) is 39.4 Å². The van der Waals surface area contributed by atoms with Gasteiger partial charge in [0.05, 0.1) is 22.1 Å². The van der Waals surface area contributed by atoms with Gasteiger partial charge in [-0.25, -0.2) is 4.98 Å². The minimum Gasteiger partial charge on any atom is -0.309 e. The van der Waals surface area contributed by atoms with E-state index < -0.39 is 0 Å². The predicted octanol–water partition coefficient (Wildman–Crippen LogP) is 9.46. The van der Waals surface area contributed by atoms with Crippen molar-refractivity contribution in [2.24, 2.45) is 0 Å². The van der Waals surface area contributed by atoms with E-state index in [-0.39, 0.29) is 0 Å². The van der Waals surface area contributed by atoms with E-state index in [9.17, 15) is 0 Å². The lowest BCUT2D eigenvalue weighted by molar-refractivity contribution is 1.10. The lowest BCUT2D eigenvalue weighted by Crippen LogP contribution is -1.98. The van der Waals surface area contributed by atoms with Gasteiger partial charge in [0.1, 0.15) is 5.82 Å². The minimum absolute atomic E-state index is 0.943. The first-order valence-electron chi connectivity index (χ1n) is 13.6. The molecule has 0 N–H and O–H groups in total. The zero-order chi connectivity index (χ0) is 26.5. The Morgan fingerprint density at radius 1 is 0.375 bits per heavy atom. The van der Waals surface area contributed by atoms with Crippen molar-refractivity contribution in [3.63, 3.8) is 0 Å². The molecular weight excluding hydrogens is 486 g/mol. The fraction of sp³-hybridized carbons (Fsp3) is 0. The smallest absolute Gasteiger partial charge is 0.145 e. The number of hydrogen-bond acceptors (Lipinski definition) is 1. The van der Waals surface area contributed by atoms with Crippen molar-refractivity contribution in [1.82, 2.24) is 14.1 Å². The highest BCUT2D eigenvalue weighted by Gasteiger charge is 2.15. The normalized spacial score (nSPS) is 11.5. The van der Waals surface area contributed by atoms with Crippen molar-refractivity contribution in [3.05, 3.63) is 152 Å². The number of rotatable bonds is 4. The zero-order valence-corrected chi connectivity index (χ0v) is 21.8. The van der Waals surface area contributed by atoms with E-state index >= 15 is 0 Å². The molecule has 0 fully saturated rings. The number of aromatic nitrogens is 3. The highest BCUT2D eigenvalue weighted by Crippen LogP contribution is 2.34. The van der Waals surface area contributed by atoms with Gasteiger partial charge in [-0.2, -0.15) is 0 Å². The van der Waals surface area contributed by atoms with Crippen LogP contribution in [0, 0.1) is 0 Å². The summed E-state index contributed by atoms with van der Waals surface area (Å²) in [5.74, 6) is 0.943. The first kappa shape index (κ1) is 22.6. The second-order valence-corrected chi connectivity index (χ2v) is 10.1. The van der Waals surface area contributed by atoms with Gasteiger partial charge in [0.2, 0.25) is 0 Å². The highest BCUT2D eigenvalue weighted by molar-refractivity contribution is 6.09. The van der Waals surface area contributed by atoms with Gasteiger partial charge in [0.25, 0.3) is 0 Å². The molecule has 0 radical (unpaired) electrons. The molecule has 3 heteroatoms. The van der Waals surface area contributed by atoms with Crippen LogP contribution in [0.1, 0.15) is 0 Å². The number of nitrogens with zero attached hydrogens (tertiary/aromatic N) is 3. The first-order valence-corrected chi connectivity index (χ1v) is 13.6. The van der Waals surface area contributed by atoms with Crippen LogP contribution < -0.4 is 0 Å². The van der Waals surface area contributed by atoms with Gasteiger partial charge in [-0.3, -0.25) is 4.57 Å². The molecular formula is C37H25N3. The Morgan fingerprint density at radius 3 is 1.52 bits per heavy atom. The fourth-order valence-corrected chi connectivity index (χ4v) is 5.92. The summed E-state index contributed by atoms with van der Waals surface area (Å²) in [7, 11) is 0. The molecule has 3 nitrogen and oxygen atoms in total. The standard InChI is InChI=1S/C37H25N3/c1-2-12-26(13-3-1)37-38-33-20-6-9-23-36(33)40(37)30-17-11-15-28(25-30)27-14-10-16-29(24-27)39-34-21-7-4-18-31(34)32-19-5-8-22-35(32)39/h1-25H. The van der Waals surface area contributed by atoms with Crippen LogP contribution in [0.5, 0.6) is 0 Å². The van der Waals surface area contributed by atoms with Crippen LogP contribution >= 0.6 is 0 Å². The Hall–Kier alpha value is -5.41. The first-order chi connectivity index (χ1) is 19.8. The molecule has 0 bridgehead atoms. The third-order valence-electron chi connectivity index (χ3n) is 7.71. The van der Waals surface area contributed by atoms with E-state index in [1.807, 2.05) is 12.1 Å². The number of benzene rings is 6. The van der Waals surface area contributed by atoms with Gasteiger partial charge in [0, 0.05) is 27.7 Å². The maximum absolute atomic E-state index is 5.03. The molecule has 0 amide bonds. The molecule has 0 atom stereocenters. The number of para-hydroxylation sites is 4. The number of fused-ring (bicyclic) bond motifs is 4. The third kappa shape index (κ3) is 3.56. The lowest BCUT2D eigenvalue weighted by atomic mass is 10.0. The van der Waals surface area contributed by atoms with Crippen LogP contribution in [0.3, 0.4) is 0 Å². The quantitative estimate of drug-likeness (QED) is 0.231. The van der Waals surface area contributed by atoms with E-state index in [1.54, 1.807) is 0 Å². The van der Waals surface area contributed by atoms with Crippen LogP contribution in [0.2, 0.25) is 0 Å². The van der Waals surface area contributed by atoms with Crippen molar-refractivity contribution in [1.29, 1.82) is 0 Å². The molecule has 0 unspecified atom stereocenters. The molecule has 0 saturated heterocycles. The predicted molar refractivity (Wildman–Crippen MR) is 166 cm³/mol. The summed E-state index contributed by atoms with van der Waals surface area (Å²) in [5.41, 5.74) is 10.2. The Bertz CT molecular complexity index is 2110. The molecule has 8 aromatic rings. The lowest BCUT2D eigenvalue weighted by Gasteiger charge is -2.13. The van der Waals surface area contributed by atoms with Crippen LogP contribution in [0.4, 0.5) is 0 Å². The molecule has 0 spiro atoms. The zero-order valence-electron chi connectivity index (χ0n) is 21.8. The third-order valence-corrected chi connectivity index (χ3v) is 7.71. The van der Waals surface area contributed by atoms with Crippen molar-refractivity contribution in [3.8, 4) is 33.9 Å². The van der Waals surface area contributed by atoms with Crippen molar-refractivity contribution in [2.45, 2.75) is 0 Å². The maximum Gasteiger partial charge on any atom is 0.145 e. The average molecular weight is 512 g/mol. The molecule has 40 heavy (non-hydrogen) atoms. The number of hydrogen-bond donors (Lipinski definition) is 0. The van der Waals surface area contributed by atoms with E-state index in [0.29, 0.717) is 0 Å². The largest absolute Gasteiger partial charge is 0.309 e. The molecule has 8 rings (SSSR count). The molecule has 0 aliphatic rings. The van der Waals surface area contributed by atoms with E-state index in [1.165, 1.54) is 27.4 Å². The van der Waals surface area contributed by atoms with Crippen LogP contribution in [0.15, 0.2) is 152 Å². The van der Waals surface area contributed by atoms with Crippen molar-refractivity contribution in [2.75, 3.05) is 0 Å². The summed E-state index contributed by atoms with van der Waals surface area (Å²) in [5, 5.41) is 2.54. The fourth-order valence-electron chi connectivity index (χ4n) is 5.92. The van der Waals surface area contributed by atoms with Gasteiger partial charge < -0.3 is 4.57 Å². The van der Waals surface area contributed by atoms with Crippen molar-refractivity contribution >= 4 is 32.8 Å². The molecule has 0 aliphatic carbocycles. The van der Waals surface area contributed by atoms with Gasteiger partial charge in [-0.1, -0.05) is 103 Å². The molecule has 6 aromatic carbocycles. The second-order valence-electron chi connectivity index (χ2n) is 10.1. The summed E-state index contributed by atoms with van der Waals surface area (Å²) in [6.07, 6.45) is 0. The average Bonchev–Trinajstić information content (AvgIpc) is 3.58. The SMILES string of the molecule is c1ccc(-c2nc3ccccc3n2-c2cccc(-c3cccc(-n4c5ccccc5c5ccccc54)c3)c2)cc1. The molecule has 2 heterocycles. The monoisotopic (exact) mass is 511 g/mol. The van der Waals surface area contributed by atoms with Crippen LogP contribution in [0.25, 0.3) is 66.7 Å². The summed E-state index contributed by atoms with van der Waals surface area (Å²) in [6.45, 7) is 0. The topological polar surface area (TPSA) is 22.8 Å². The van der Waals surface area contributed by atoms with Crippen LogP contribution in [-0.4, -0.2) is 14.1 Å². The Labute approximate surface area is 232 Å². The molecule has 2 aromatic heterocycles. The Morgan fingerprint density at radius 2 is 0.875 bits per heavy atom. The molecule has 0 aliphatic heterocycles. The van der Waals surface area contributed by atoms with Gasteiger partial charge in [0.15, 0.2) is 0 Å². The molecule has 188 valence electrons. The second kappa shape index (κ2) is 9.11. The van der Waals surface area contributed by atoms with Crippen LogP contribution in [-0.2, 0) is 0 Å². The van der Waals surface area contributed by atoms with Gasteiger partial charge in [-0.05, 0) is 59.7 Å². The number of imidazole rings is 1. The summed E-state index contributed by atoms with van der Waals surface area (Å²) in [6, 6.07) is 53.7. The van der Waals surface area contributed by atoms with Gasteiger partial charge in [-0.15, -0.1) is 0 Å². The maximum atomic E-state index is 5.03. The summed E-state index contributed by atoms with van der Waals surface area (Å²) >= 11 is 0. The summed E-state index contributed by atoms with van der Waals surface area (Å²) < 4.78 is 4.64. The van der Waals surface area contributed by atoms with Gasteiger partial charge >= 0.3 is 0 Å². The highest BCUT2D eigenvalue weighted by atomic mass is 15.1. The van der Waals surface area contributed by atoms with E-state index in [4.69, 9.17) is 4.98 Å². The summed E-state index contributed by atoms with van der Waals surface area (Å²) in [4.78, 5) is 5.03.